The van der Waals surface area contributed by atoms with Crippen LogP contribution in [0, 0.1) is 0 Å². The van der Waals surface area contributed by atoms with Crippen LogP contribution in [-0.2, 0) is 6.42 Å². The maximum absolute atomic E-state index is 6.13. The SMILES string of the molecule is CCCc1nc(NN)cc(Oc2cc(Cl)c(Br)cc2Cl)n1. The maximum atomic E-state index is 6.13. The molecule has 1 heterocycles. The summed E-state index contributed by atoms with van der Waals surface area (Å²) in [6.07, 6.45) is 1.64. The zero-order chi connectivity index (χ0) is 15.4. The topological polar surface area (TPSA) is 73.1 Å². The molecular formula is C13H13BrCl2N4O. The van der Waals surface area contributed by atoms with Gasteiger partial charge in [-0.25, -0.2) is 10.8 Å². The van der Waals surface area contributed by atoms with Crippen LogP contribution in [0.3, 0.4) is 0 Å². The molecule has 0 radical (unpaired) electrons. The molecule has 1 aromatic carbocycles. The number of halogens is 3. The highest BCUT2D eigenvalue weighted by molar-refractivity contribution is 9.10. The Morgan fingerprint density at radius 3 is 2.67 bits per heavy atom. The molecule has 21 heavy (non-hydrogen) atoms. The summed E-state index contributed by atoms with van der Waals surface area (Å²) in [4.78, 5) is 8.56. The van der Waals surface area contributed by atoms with E-state index in [1.165, 1.54) is 0 Å². The van der Waals surface area contributed by atoms with Crippen molar-refractivity contribution in [1.82, 2.24) is 9.97 Å². The predicted molar refractivity (Wildman–Crippen MR) is 88.1 cm³/mol. The molecule has 0 aliphatic heterocycles. The molecule has 0 saturated carbocycles. The first-order valence-corrected chi connectivity index (χ1v) is 7.75. The van der Waals surface area contributed by atoms with Crippen molar-refractivity contribution >= 4 is 44.9 Å². The van der Waals surface area contributed by atoms with Gasteiger partial charge in [-0.3, -0.25) is 0 Å². The third-order valence-electron chi connectivity index (χ3n) is 2.56. The average molecular weight is 392 g/mol. The number of nitrogens with one attached hydrogen (secondary N) is 1. The van der Waals surface area contributed by atoms with Gasteiger partial charge in [0.15, 0.2) is 0 Å². The fraction of sp³-hybridized carbons (Fsp3) is 0.231. The molecular weight excluding hydrogens is 379 g/mol. The fourth-order valence-electron chi connectivity index (χ4n) is 1.63. The highest BCUT2D eigenvalue weighted by Gasteiger charge is 2.11. The second-order valence-corrected chi connectivity index (χ2v) is 5.87. The number of rotatable bonds is 5. The van der Waals surface area contributed by atoms with Gasteiger partial charge in [-0.05, 0) is 28.4 Å². The average Bonchev–Trinajstić information content (AvgIpc) is 2.45. The van der Waals surface area contributed by atoms with Crippen molar-refractivity contribution in [2.45, 2.75) is 19.8 Å². The van der Waals surface area contributed by atoms with E-state index in [4.69, 9.17) is 33.8 Å². The molecule has 0 fully saturated rings. The summed E-state index contributed by atoms with van der Waals surface area (Å²) >= 11 is 15.5. The van der Waals surface area contributed by atoms with Crippen molar-refractivity contribution in [3.05, 3.63) is 38.5 Å². The largest absolute Gasteiger partial charge is 0.437 e. The second kappa shape index (κ2) is 7.26. The predicted octanol–water partition coefficient (Wildman–Crippen LogP) is 4.58. The Hall–Kier alpha value is -1.08. The normalized spacial score (nSPS) is 10.5. The number of anilines is 1. The highest BCUT2D eigenvalue weighted by atomic mass is 79.9. The first kappa shape index (κ1) is 16.3. The number of hydrogen-bond acceptors (Lipinski definition) is 5. The number of hydrazine groups is 1. The van der Waals surface area contributed by atoms with Crippen LogP contribution in [0.25, 0.3) is 0 Å². The van der Waals surface area contributed by atoms with Crippen molar-refractivity contribution in [3.63, 3.8) is 0 Å². The zero-order valence-corrected chi connectivity index (χ0v) is 14.3. The van der Waals surface area contributed by atoms with Gasteiger partial charge in [0.1, 0.15) is 17.4 Å². The Labute approximate surface area is 140 Å². The molecule has 0 atom stereocenters. The van der Waals surface area contributed by atoms with Gasteiger partial charge in [-0.1, -0.05) is 30.1 Å². The highest BCUT2D eigenvalue weighted by Crippen LogP contribution is 2.36. The summed E-state index contributed by atoms with van der Waals surface area (Å²) in [5.41, 5.74) is 2.49. The minimum Gasteiger partial charge on any atom is -0.437 e. The van der Waals surface area contributed by atoms with Crippen molar-refractivity contribution in [3.8, 4) is 11.6 Å². The lowest BCUT2D eigenvalue weighted by Gasteiger charge is -2.10. The van der Waals surface area contributed by atoms with Crippen molar-refractivity contribution in [2.75, 3.05) is 5.43 Å². The number of aromatic nitrogens is 2. The van der Waals surface area contributed by atoms with Gasteiger partial charge in [0.2, 0.25) is 5.88 Å². The van der Waals surface area contributed by atoms with Gasteiger partial charge in [-0.15, -0.1) is 0 Å². The van der Waals surface area contributed by atoms with E-state index in [1.807, 2.05) is 6.92 Å². The number of nitrogens with zero attached hydrogens (tertiary/aromatic N) is 2. The van der Waals surface area contributed by atoms with Crippen LogP contribution in [0.2, 0.25) is 10.0 Å². The first-order chi connectivity index (χ1) is 10.0. The number of nitrogens with two attached hydrogens (primary N) is 1. The Morgan fingerprint density at radius 2 is 2.00 bits per heavy atom. The molecule has 2 aromatic rings. The second-order valence-electron chi connectivity index (χ2n) is 4.20. The Bertz CT molecular complexity index is 654. The molecule has 0 amide bonds. The summed E-state index contributed by atoms with van der Waals surface area (Å²) in [6, 6.07) is 4.87. The molecule has 3 N–H and O–H groups in total. The zero-order valence-electron chi connectivity index (χ0n) is 11.2. The third-order valence-corrected chi connectivity index (χ3v) is 4.05. The van der Waals surface area contributed by atoms with E-state index in [0.717, 1.165) is 12.8 Å². The van der Waals surface area contributed by atoms with Crippen LogP contribution in [0.4, 0.5) is 5.82 Å². The van der Waals surface area contributed by atoms with Crippen LogP contribution >= 0.6 is 39.1 Å². The number of nitrogen functional groups attached to an aromatic ring is 1. The summed E-state index contributed by atoms with van der Waals surface area (Å²) in [6.45, 7) is 2.04. The lowest BCUT2D eigenvalue weighted by molar-refractivity contribution is 0.459. The number of benzene rings is 1. The van der Waals surface area contributed by atoms with E-state index >= 15 is 0 Å². The molecule has 0 bridgehead atoms. The maximum Gasteiger partial charge on any atom is 0.224 e. The van der Waals surface area contributed by atoms with E-state index in [9.17, 15) is 0 Å². The minimum atomic E-state index is 0.349. The van der Waals surface area contributed by atoms with Crippen LogP contribution in [-0.4, -0.2) is 9.97 Å². The van der Waals surface area contributed by atoms with Crippen LogP contribution in [0.15, 0.2) is 22.7 Å². The van der Waals surface area contributed by atoms with Crippen LogP contribution < -0.4 is 16.0 Å². The smallest absolute Gasteiger partial charge is 0.224 e. The Morgan fingerprint density at radius 1 is 1.24 bits per heavy atom. The van der Waals surface area contributed by atoms with E-state index in [1.54, 1.807) is 18.2 Å². The molecule has 0 aliphatic carbocycles. The van der Waals surface area contributed by atoms with Gasteiger partial charge in [0, 0.05) is 23.0 Å². The molecule has 1 aromatic heterocycles. The summed E-state index contributed by atoms with van der Waals surface area (Å²) in [5, 5.41) is 0.915. The van der Waals surface area contributed by atoms with Gasteiger partial charge >= 0.3 is 0 Å². The third kappa shape index (κ3) is 4.20. The van der Waals surface area contributed by atoms with E-state index in [2.05, 4.69) is 31.3 Å². The standard InChI is InChI=1S/C13H13BrCl2N4O/c1-2-3-11-18-12(20-17)6-13(19-11)21-10-5-8(15)7(14)4-9(10)16/h4-6H,2-3,17H2,1H3,(H,18,19,20). The lowest BCUT2D eigenvalue weighted by Crippen LogP contribution is -2.10. The first-order valence-electron chi connectivity index (χ1n) is 6.20. The van der Waals surface area contributed by atoms with E-state index in [-0.39, 0.29) is 0 Å². The van der Waals surface area contributed by atoms with Crippen LogP contribution in [0.1, 0.15) is 19.2 Å². The molecule has 5 nitrogen and oxygen atoms in total. The van der Waals surface area contributed by atoms with E-state index in [0.29, 0.717) is 37.8 Å². The molecule has 8 heteroatoms. The molecule has 0 unspecified atom stereocenters. The van der Waals surface area contributed by atoms with Gasteiger partial charge in [0.05, 0.1) is 10.0 Å². The minimum absolute atomic E-state index is 0.349. The van der Waals surface area contributed by atoms with Crippen molar-refractivity contribution in [2.24, 2.45) is 5.84 Å². The van der Waals surface area contributed by atoms with Gasteiger partial charge in [0.25, 0.3) is 0 Å². The van der Waals surface area contributed by atoms with Gasteiger partial charge < -0.3 is 10.2 Å². The molecule has 0 saturated heterocycles. The molecule has 2 rings (SSSR count). The Balaban J connectivity index is 2.34. The van der Waals surface area contributed by atoms with Crippen LogP contribution in [0.5, 0.6) is 11.6 Å². The van der Waals surface area contributed by atoms with E-state index < -0.39 is 0 Å². The monoisotopic (exact) mass is 390 g/mol. The summed E-state index contributed by atoms with van der Waals surface area (Å²) in [7, 11) is 0. The molecule has 112 valence electrons. The van der Waals surface area contributed by atoms with Crippen molar-refractivity contribution in [1.29, 1.82) is 0 Å². The molecule has 0 spiro atoms. The number of aryl methyl sites for hydroxylation is 1. The van der Waals surface area contributed by atoms with Crippen molar-refractivity contribution < 1.29 is 4.74 Å². The van der Waals surface area contributed by atoms with Gasteiger partial charge in [-0.2, -0.15) is 4.98 Å². The number of hydrogen-bond donors (Lipinski definition) is 2. The fourth-order valence-corrected chi connectivity index (χ4v) is 2.46. The summed E-state index contributed by atoms with van der Waals surface area (Å²) < 4.78 is 6.39. The Kier molecular flexibility index (Phi) is 5.64. The summed E-state index contributed by atoms with van der Waals surface area (Å²) in [5.74, 6) is 7.28. The molecule has 0 aliphatic rings. The lowest BCUT2D eigenvalue weighted by atomic mass is 10.3. The quantitative estimate of drug-likeness (QED) is 0.443. The number of ether oxygens (including phenoxy) is 1.